The van der Waals surface area contributed by atoms with Crippen molar-refractivity contribution in [3.8, 4) is 11.8 Å². The molecule has 0 saturated heterocycles. The molecule has 0 aliphatic rings. The van der Waals surface area contributed by atoms with Gasteiger partial charge in [-0.05, 0) is 30.5 Å². The number of nitrogens with one attached hydrogen (secondary N) is 1. The van der Waals surface area contributed by atoms with Crippen LogP contribution in [0.4, 0.5) is 0 Å². The Balaban J connectivity index is 2.06. The lowest BCUT2D eigenvalue weighted by atomic mass is 10.1. The molecular formula is C17H18N2OS. The lowest BCUT2D eigenvalue weighted by molar-refractivity contribution is 0.0940. The fourth-order valence-corrected chi connectivity index (χ4v) is 2.85. The number of nitrogens with two attached hydrogens (primary N) is 1. The second-order valence-electron chi connectivity index (χ2n) is 4.71. The third-order valence-electron chi connectivity index (χ3n) is 2.96. The molecule has 1 unspecified atom stereocenters. The van der Waals surface area contributed by atoms with Gasteiger partial charge in [-0.2, -0.15) is 0 Å². The van der Waals surface area contributed by atoms with Gasteiger partial charge in [-0.3, -0.25) is 4.79 Å². The Morgan fingerprint density at radius 1 is 1.33 bits per heavy atom. The fourth-order valence-electron chi connectivity index (χ4n) is 2.02. The number of amides is 1. The number of hydrogen-bond donors (Lipinski definition) is 2. The SMILES string of the molecule is CC(Cc1cccs1)NC(=O)c1ccccc1C#CCN. The first-order valence-corrected chi connectivity index (χ1v) is 7.70. The van der Waals surface area contributed by atoms with Crippen LogP contribution in [0.25, 0.3) is 0 Å². The minimum absolute atomic E-state index is 0.0756. The summed E-state index contributed by atoms with van der Waals surface area (Å²) >= 11 is 1.70. The molecule has 3 nitrogen and oxygen atoms in total. The van der Waals surface area contributed by atoms with Gasteiger partial charge >= 0.3 is 0 Å². The van der Waals surface area contributed by atoms with Crippen LogP contribution in [0.2, 0.25) is 0 Å². The normalized spacial score (nSPS) is 11.3. The highest BCUT2D eigenvalue weighted by molar-refractivity contribution is 7.09. The first-order valence-electron chi connectivity index (χ1n) is 6.82. The second kappa shape index (κ2) is 7.63. The van der Waals surface area contributed by atoms with Crippen molar-refractivity contribution < 1.29 is 4.79 Å². The third kappa shape index (κ3) is 4.45. The van der Waals surface area contributed by atoms with E-state index in [1.165, 1.54) is 4.88 Å². The molecule has 21 heavy (non-hydrogen) atoms. The Labute approximate surface area is 129 Å². The van der Waals surface area contributed by atoms with Crippen molar-refractivity contribution in [3.63, 3.8) is 0 Å². The van der Waals surface area contributed by atoms with Gasteiger partial charge in [0.2, 0.25) is 0 Å². The van der Waals surface area contributed by atoms with E-state index in [0.717, 1.165) is 6.42 Å². The van der Waals surface area contributed by atoms with E-state index in [-0.39, 0.29) is 18.5 Å². The molecule has 4 heteroatoms. The van der Waals surface area contributed by atoms with Gasteiger partial charge in [0.05, 0.1) is 12.1 Å². The standard InChI is InChI=1S/C17H18N2OS/c1-13(12-15-8-5-11-21-15)19-17(20)16-9-3-2-6-14(16)7-4-10-18/h2-3,5-6,8-9,11,13H,10,12,18H2,1H3,(H,19,20). The Morgan fingerprint density at radius 2 is 2.14 bits per heavy atom. The van der Waals surface area contributed by atoms with E-state index >= 15 is 0 Å². The molecule has 1 aromatic heterocycles. The largest absolute Gasteiger partial charge is 0.349 e. The Morgan fingerprint density at radius 3 is 2.86 bits per heavy atom. The van der Waals surface area contributed by atoms with Crippen LogP contribution in [0.1, 0.15) is 27.7 Å². The molecule has 0 aliphatic carbocycles. The Bertz CT molecular complexity index is 653. The van der Waals surface area contributed by atoms with E-state index in [9.17, 15) is 4.79 Å². The summed E-state index contributed by atoms with van der Waals surface area (Å²) in [4.78, 5) is 13.6. The average Bonchev–Trinajstić information content (AvgIpc) is 2.98. The Kier molecular flexibility index (Phi) is 5.56. The van der Waals surface area contributed by atoms with Crippen molar-refractivity contribution in [2.45, 2.75) is 19.4 Å². The maximum absolute atomic E-state index is 12.4. The van der Waals surface area contributed by atoms with Gasteiger partial charge in [-0.1, -0.05) is 30.0 Å². The smallest absolute Gasteiger partial charge is 0.252 e. The number of carbonyl (C=O) groups excluding carboxylic acids is 1. The zero-order valence-electron chi connectivity index (χ0n) is 11.9. The molecular weight excluding hydrogens is 280 g/mol. The molecule has 1 atom stereocenters. The summed E-state index contributed by atoms with van der Waals surface area (Å²) in [5, 5.41) is 5.06. The topological polar surface area (TPSA) is 55.1 Å². The van der Waals surface area contributed by atoms with Gasteiger partial charge in [0, 0.05) is 22.9 Å². The van der Waals surface area contributed by atoms with Crippen molar-refractivity contribution in [3.05, 3.63) is 57.8 Å². The first kappa shape index (κ1) is 15.3. The molecule has 1 amide bonds. The van der Waals surface area contributed by atoms with Crippen LogP contribution >= 0.6 is 11.3 Å². The quantitative estimate of drug-likeness (QED) is 0.852. The molecule has 2 aromatic rings. The predicted octanol–water partition coefficient (Wildman–Crippen LogP) is 2.42. The van der Waals surface area contributed by atoms with Crippen LogP contribution in [-0.2, 0) is 6.42 Å². The van der Waals surface area contributed by atoms with E-state index in [1.54, 1.807) is 17.4 Å². The second-order valence-corrected chi connectivity index (χ2v) is 5.74. The molecule has 1 heterocycles. The van der Waals surface area contributed by atoms with Gasteiger partial charge in [0.1, 0.15) is 0 Å². The zero-order chi connectivity index (χ0) is 15.1. The molecule has 3 N–H and O–H groups in total. The zero-order valence-corrected chi connectivity index (χ0v) is 12.7. The number of thiophene rings is 1. The number of hydrogen-bond acceptors (Lipinski definition) is 3. The van der Waals surface area contributed by atoms with Crippen LogP contribution in [0.3, 0.4) is 0 Å². The van der Waals surface area contributed by atoms with Crippen molar-refractivity contribution >= 4 is 17.2 Å². The highest BCUT2D eigenvalue weighted by atomic mass is 32.1. The highest BCUT2D eigenvalue weighted by Gasteiger charge is 2.13. The molecule has 0 aliphatic heterocycles. The number of benzene rings is 1. The summed E-state index contributed by atoms with van der Waals surface area (Å²) < 4.78 is 0. The third-order valence-corrected chi connectivity index (χ3v) is 3.86. The van der Waals surface area contributed by atoms with E-state index in [1.807, 2.05) is 36.6 Å². The summed E-state index contributed by atoms with van der Waals surface area (Å²) in [5.41, 5.74) is 6.69. The van der Waals surface area contributed by atoms with E-state index in [4.69, 9.17) is 5.73 Å². The van der Waals surface area contributed by atoms with Gasteiger partial charge < -0.3 is 11.1 Å². The molecule has 0 bridgehead atoms. The van der Waals surface area contributed by atoms with Gasteiger partial charge in [0.25, 0.3) is 5.91 Å². The fraction of sp³-hybridized carbons (Fsp3) is 0.235. The van der Waals surface area contributed by atoms with Crippen LogP contribution in [0.15, 0.2) is 41.8 Å². The van der Waals surface area contributed by atoms with Gasteiger partial charge in [0.15, 0.2) is 0 Å². The minimum Gasteiger partial charge on any atom is -0.349 e. The van der Waals surface area contributed by atoms with Crippen LogP contribution in [0, 0.1) is 11.8 Å². The van der Waals surface area contributed by atoms with Crippen molar-refractivity contribution in [1.82, 2.24) is 5.32 Å². The van der Waals surface area contributed by atoms with E-state index in [0.29, 0.717) is 11.1 Å². The predicted molar refractivity (Wildman–Crippen MR) is 87.3 cm³/mol. The average molecular weight is 298 g/mol. The summed E-state index contributed by atoms with van der Waals surface area (Å²) in [6, 6.07) is 11.5. The monoisotopic (exact) mass is 298 g/mol. The molecule has 2 rings (SSSR count). The molecule has 1 aromatic carbocycles. The van der Waals surface area contributed by atoms with Crippen LogP contribution < -0.4 is 11.1 Å². The molecule has 108 valence electrons. The lowest BCUT2D eigenvalue weighted by Gasteiger charge is -2.13. The Hall–Kier alpha value is -2.09. The first-order chi connectivity index (χ1) is 10.2. The van der Waals surface area contributed by atoms with E-state index in [2.05, 4.69) is 23.2 Å². The van der Waals surface area contributed by atoms with E-state index < -0.39 is 0 Å². The van der Waals surface area contributed by atoms with Crippen LogP contribution in [-0.4, -0.2) is 18.5 Å². The van der Waals surface area contributed by atoms with Crippen molar-refractivity contribution in [1.29, 1.82) is 0 Å². The molecule has 0 spiro atoms. The van der Waals surface area contributed by atoms with Crippen LogP contribution in [0.5, 0.6) is 0 Å². The minimum atomic E-state index is -0.0963. The van der Waals surface area contributed by atoms with Gasteiger partial charge in [-0.25, -0.2) is 0 Å². The summed E-state index contributed by atoms with van der Waals surface area (Å²) in [6.07, 6.45) is 0.833. The summed E-state index contributed by atoms with van der Waals surface area (Å²) in [6.45, 7) is 2.29. The van der Waals surface area contributed by atoms with Crippen molar-refractivity contribution in [2.24, 2.45) is 5.73 Å². The highest BCUT2D eigenvalue weighted by Crippen LogP contribution is 2.12. The van der Waals surface area contributed by atoms with Crippen molar-refractivity contribution in [2.75, 3.05) is 6.54 Å². The maximum atomic E-state index is 12.4. The number of rotatable bonds is 4. The molecule has 0 radical (unpaired) electrons. The summed E-state index contributed by atoms with van der Waals surface area (Å²) in [7, 11) is 0. The van der Waals surface area contributed by atoms with Gasteiger partial charge in [-0.15, -0.1) is 11.3 Å². The summed E-state index contributed by atoms with van der Waals surface area (Å²) in [5.74, 6) is 5.63. The molecule has 0 fully saturated rings. The molecule has 0 saturated carbocycles. The number of carbonyl (C=O) groups is 1. The lowest BCUT2D eigenvalue weighted by Crippen LogP contribution is -2.34. The maximum Gasteiger partial charge on any atom is 0.252 e.